The van der Waals surface area contributed by atoms with Gasteiger partial charge in [-0.1, -0.05) is 0 Å². The molecule has 0 fully saturated rings. The summed E-state index contributed by atoms with van der Waals surface area (Å²) in [6.45, 7) is 7.94. The van der Waals surface area contributed by atoms with Gasteiger partial charge in [-0.2, -0.15) is 10.2 Å². The van der Waals surface area contributed by atoms with Crippen LogP contribution in [0.25, 0.3) is 0 Å². The lowest BCUT2D eigenvalue weighted by molar-refractivity contribution is 0.647. The van der Waals surface area contributed by atoms with Crippen molar-refractivity contribution in [2.24, 2.45) is 0 Å². The van der Waals surface area contributed by atoms with Gasteiger partial charge < -0.3 is 0 Å². The van der Waals surface area contributed by atoms with E-state index in [1.54, 1.807) is 0 Å². The second-order valence-electron chi connectivity index (χ2n) is 3.85. The van der Waals surface area contributed by atoms with Crippen molar-refractivity contribution < 1.29 is 0 Å². The molecular weight excluding hydrogens is 315 g/mol. The van der Waals surface area contributed by atoms with Crippen molar-refractivity contribution in [1.29, 1.82) is 0 Å². The van der Waals surface area contributed by atoms with E-state index in [0.717, 1.165) is 18.8 Å². The summed E-state index contributed by atoms with van der Waals surface area (Å²) in [5, 5.41) is 8.78. The Hall–Kier alpha value is -0.850. The second-order valence-corrected chi connectivity index (χ2v) is 4.93. The van der Waals surface area contributed by atoms with E-state index in [2.05, 4.69) is 52.8 Å². The van der Waals surface area contributed by atoms with Crippen LogP contribution in [0, 0.1) is 17.4 Å². The summed E-state index contributed by atoms with van der Waals surface area (Å²) in [5.74, 6) is 0. The maximum Gasteiger partial charge on any atom is 0.0730 e. The summed E-state index contributed by atoms with van der Waals surface area (Å²) in [5.41, 5.74) is 3.52. The Morgan fingerprint density at radius 3 is 2.62 bits per heavy atom. The molecule has 0 atom stereocenters. The lowest BCUT2D eigenvalue weighted by atomic mass is 10.3. The van der Waals surface area contributed by atoms with Gasteiger partial charge in [0.05, 0.1) is 22.0 Å². The highest BCUT2D eigenvalue weighted by molar-refractivity contribution is 14.1. The molecule has 2 aromatic rings. The summed E-state index contributed by atoms with van der Waals surface area (Å²) in [4.78, 5) is 0. The van der Waals surface area contributed by atoms with Crippen molar-refractivity contribution in [2.75, 3.05) is 0 Å². The molecule has 2 aromatic heterocycles. The molecule has 0 saturated carbocycles. The lowest BCUT2D eigenvalue weighted by Gasteiger charge is -2.01. The van der Waals surface area contributed by atoms with Crippen molar-refractivity contribution in [3.8, 4) is 0 Å². The van der Waals surface area contributed by atoms with E-state index in [0.29, 0.717) is 0 Å². The molecule has 0 spiro atoms. The molecule has 4 nitrogen and oxygen atoms in total. The number of rotatable bonds is 3. The summed E-state index contributed by atoms with van der Waals surface area (Å²) >= 11 is 2.34. The molecule has 2 rings (SSSR count). The number of aromatic nitrogens is 4. The van der Waals surface area contributed by atoms with E-state index >= 15 is 0 Å². The fraction of sp³-hybridized carbons (Fsp3) is 0.455. The first-order valence-corrected chi connectivity index (χ1v) is 6.40. The third kappa shape index (κ3) is 2.14. The number of aryl methyl sites for hydroxylation is 2. The highest BCUT2D eigenvalue weighted by Gasteiger charge is 2.09. The molecule has 2 heterocycles. The maximum absolute atomic E-state index is 4.51. The molecular formula is C11H15IN4. The van der Waals surface area contributed by atoms with Gasteiger partial charge in [-0.25, -0.2) is 0 Å². The van der Waals surface area contributed by atoms with E-state index in [9.17, 15) is 0 Å². The van der Waals surface area contributed by atoms with Gasteiger partial charge in [-0.3, -0.25) is 9.36 Å². The van der Waals surface area contributed by atoms with Crippen LogP contribution in [-0.2, 0) is 13.1 Å². The predicted octanol–water partition coefficient (Wildman–Crippen LogP) is 2.37. The Kier molecular flexibility index (Phi) is 3.32. The normalized spacial score (nSPS) is 11.0. The zero-order valence-electron chi connectivity index (χ0n) is 9.74. The van der Waals surface area contributed by atoms with Gasteiger partial charge in [0.1, 0.15) is 0 Å². The van der Waals surface area contributed by atoms with Gasteiger partial charge >= 0.3 is 0 Å². The smallest absolute Gasteiger partial charge is 0.0730 e. The number of nitrogens with zero attached hydrogens (tertiary/aromatic N) is 4. The number of halogens is 1. The maximum atomic E-state index is 4.51. The topological polar surface area (TPSA) is 35.6 Å². The van der Waals surface area contributed by atoms with E-state index in [1.807, 2.05) is 22.5 Å². The van der Waals surface area contributed by atoms with Crippen LogP contribution in [0.3, 0.4) is 0 Å². The van der Waals surface area contributed by atoms with Crippen LogP contribution >= 0.6 is 22.6 Å². The van der Waals surface area contributed by atoms with Gasteiger partial charge in [-0.05, 0) is 43.4 Å². The summed E-state index contributed by atoms with van der Waals surface area (Å²) < 4.78 is 5.22. The highest BCUT2D eigenvalue weighted by Crippen LogP contribution is 2.16. The van der Waals surface area contributed by atoms with Crippen molar-refractivity contribution in [3.63, 3.8) is 0 Å². The van der Waals surface area contributed by atoms with Crippen LogP contribution in [0.1, 0.15) is 23.9 Å². The second kappa shape index (κ2) is 4.57. The third-order valence-corrected chi connectivity index (χ3v) is 4.20. The molecule has 0 amide bonds. The quantitative estimate of drug-likeness (QED) is 0.810. The van der Waals surface area contributed by atoms with Gasteiger partial charge in [0.2, 0.25) is 0 Å². The minimum absolute atomic E-state index is 0.801. The first kappa shape index (κ1) is 11.6. The lowest BCUT2D eigenvalue weighted by Crippen LogP contribution is -2.03. The third-order valence-electron chi connectivity index (χ3n) is 2.64. The van der Waals surface area contributed by atoms with Crippen LogP contribution < -0.4 is 0 Å². The largest absolute Gasteiger partial charge is 0.273 e. The van der Waals surface area contributed by atoms with Crippen LogP contribution in [-0.4, -0.2) is 19.6 Å². The molecule has 5 heteroatoms. The van der Waals surface area contributed by atoms with E-state index < -0.39 is 0 Å². The first-order chi connectivity index (χ1) is 7.61. The summed E-state index contributed by atoms with van der Waals surface area (Å²) in [6, 6.07) is 0. The minimum Gasteiger partial charge on any atom is -0.273 e. The molecule has 0 aliphatic heterocycles. The molecule has 0 aromatic carbocycles. The predicted molar refractivity (Wildman–Crippen MR) is 71.4 cm³/mol. The van der Waals surface area contributed by atoms with Gasteiger partial charge in [0.15, 0.2) is 0 Å². The molecule has 0 unspecified atom stereocenters. The molecule has 16 heavy (non-hydrogen) atoms. The zero-order chi connectivity index (χ0) is 11.7. The summed E-state index contributed by atoms with van der Waals surface area (Å²) in [6.07, 6.45) is 3.98. The van der Waals surface area contributed by atoms with Gasteiger partial charge in [0, 0.05) is 24.0 Å². The standard InChI is InChI=1S/C11H15IN4/c1-4-15-6-10(5-13-15)7-16-9(3)11(12)8(2)14-16/h5-6H,4,7H2,1-3H3. The van der Waals surface area contributed by atoms with Gasteiger partial charge in [-0.15, -0.1) is 0 Å². The van der Waals surface area contributed by atoms with Gasteiger partial charge in [0.25, 0.3) is 0 Å². The average molecular weight is 330 g/mol. The molecule has 0 radical (unpaired) electrons. The Labute approximate surface area is 109 Å². The van der Waals surface area contributed by atoms with E-state index in [4.69, 9.17) is 0 Å². The molecule has 86 valence electrons. The van der Waals surface area contributed by atoms with Crippen LogP contribution in [0.2, 0.25) is 0 Å². The summed E-state index contributed by atoms with van der Waals surface area (Å²) in [7, 11) is 0. The van der Waals surface area contributed by atoms with E-state index in [-0.39, 0.29) is 0 Å². The Morgan fingerprint density at radius 1 is 1.38 bits per heavy atom. The monoisotopic (exact) mass is 330 g/mol. The molecule has 0 N–H and O–H groups in total. The van der Waals surface area contributed by atoms with Crippen molar-refractivity contribution in [3.05, 3.63) is 32.9 Å². The molecule has 0 bridgehead atoms. The zero-order valence-corrected chi connectivity index (χ0v) is 11.9. The SMILES string of the molecule is CCn1cc(Cn2nc(C)c(I)c2C)cn1. The number of hydrogen-bond donors (Lipinski definition) is 0. The Balaban J connectivity index is 2.23. The first-order valence-electron chi connectivity index (χ1n) is 5.32. The Bertz CT molecular complexity index is 498. The fourth-order valence-electron chi connectivity index (χ4n) is 1.66. The highest BCUT2D eigenvalue weighted by atomic mass is 127. The van der Waals surface area contributed by atoms with Crippen LogP contribution in [0.4, 0.5) is 0 Å². The van der Waals surface area contributed by atoms with Crippen molar-refractivity contribution in [1.82, 2.24) is 19.6 Å². The van der Waals surface area contributed by atoms with Crippen LogP contribution in [0.5, 0.6) is 0 Å². The molecule has 0 saturated heterocycles. The molecule has 0 aliphatic carbocycles. The van der Waals surface area contributed by atoms with Crippen LogP contribution in [0.15, 0.2) is 12.4 Å². The number of hydrogen-bond acceptors (Lipinski definition) is 2. The van der Waals surface area contributed by atoms with Crippen molar-refractivity contribution in [2.45, 2.75) is 33.9 Å². The molecule has 0 aliphatic rings. The fourth-order valence-corrected chi connectivity index (χ4v) is 2.05. The van der Waals surface area contributed by atoms with E-state index in [1.165, 1.54) is 14.8 Å². The average Bonchev–Trinajstić information content (AvgIpc) is 2.81. The van der Waals surface area contributed by atoms with Crippen molar-refractivity contribution >= 4 is 22.6 Å². The minimum atomic E-state index is 0.801. The Morgan fingerprint density at radius 2 is 2.12 bits per heavy atom.